The topological polar surface area (TPSA) is 116 Å². The SMILES string of the molecule is CC(C)(C)OC(=O)NCCNS(=O)(=O)c1ccc(-c2cn(C(=O)OC(C)(C)C)c3cc(F)ccc23)cc1. The predicted molar refractivity (Wildman–Crippen MR) is 138 cm³/mol. The lowest BCUT2D eigenvalue weighted by molar-refractivity contribution is 0.0523. The molecule has 1 amide bonds. The molecule has 37 heavy (non-hydrogen) atoms. The molecular formula is C26H32FN3O6S. The van der Waals surface area contributed by atoms with Crippen molar-refractivity contribution in [2.24, 2.45) is 0 Å². The molecule has 9 nitrogen and oxygen atoms in total. The summed E-state index contributed by atoms with van der Waals surface area (Å²) in [5.41, 5.74) is 0.176. The number of carbonyl (C=O) groups is 2. The Labute approximate surface area is 216 Å². The molecule has 0 aliphatic carbocycles. The van der Waals surface area contributed by atoms with Crippen molar-refractivity contribution in [2.45, 2.75) is 57.6 Å². The molecule has 0 saturated carbocycles. The van der Waals surface area contributed by atoms with Gasteiger partial charge in [-0.1, -0.05) is 12.1 Å². The van der Waals surface area contributed by atoms with Crippen LogP contribution in [0.1, 0.15) is 41.5 Å². The van der Waals surface area contributed by atoms with E-state index in [4.69, 9.17) is 9.47 Å². The van der Waals surface area contributed by atoms with Gasteiger partial charge in [0.25, 0.3) is 0 Å². The summed E-state index contributed by atoms with van der Waals surface area (Å²) >= 11 is 0. The standard InChI is InChI=1S/C26H32FN3O6S/c1-25(2,3)35-23(31)28-13-14-29-37(33,34)19-10-7-17(8-11-19)21-16-30(24(32)36-26(4,5)6)22-15-18(27)9-12-20(21)22/h7-12,15-16,29H,13-14H2,1-6H3,(H,28,31). The van der Waals surface area contributed by atoms with Crippen LogP contribution in [-0.4, -0.2) is 49.5 Å². The van der Waals surface area contributed by atoms with Crippen molar-refractivity contribution in [3.8, 4) is 11.1 Å². The maximum absolute atomic E-state index is 14.0. The maximum atomic E-state index is 14.0. The van der Waals surface area contributed by atoms with Crippen molar-refractivity contribution in [3.05, 3.63) is 54.5 Å². The fraction of sp³-hybridized carbons (Fsp3) is 0.385. The molecule has 0 saturated heterocycles. The number of amides is 1. The van der Waals surface area contributed by atoms with E-state index >= 15 is 0 Å². The molecule has 0 radical (unpaired) electrons. The first-order valence-electron chi connectivity index (χ1n) is 11.7. The van der Waals surface area contributed by atoms with Crippen LogP contribution in [0.3, 0.4) is 0 Å². The summed E-state index contributed by atoms with van der Waals surface area (Å²) in [5.74, 6) is -0.504. The second-order valence-electron chi connectivity index (χ2n) is 10.4. The highest BCUT2D eigenvalue weighted by Crippen LogP contribution is 2.32. The molecule has 2 aromatic carbocycles. The molecule has 0 atom stereocenters. The van der Waals surface area contributed by atoms with Crippen molar-refractivity contribution >= 4 is 33.1 Å². The van der Waals surface area contributed by atoms with E-state index in [0.29, 0.717) is 22.0 Å². The molecule has 1 aromatic heterocycles. The van der Waals surface area contributed by atoms with Gasteiger partial charge < -0.3 is 14.8 Å². The average Bonchev–Trinajstić information content (AvgIpc) is 3.13. The Morgan fingerprint density at radius 1 is 0.919 bits per heavy atom. The lowest BCUT2D eigenvalue weighted by Gasteiger charge is -2.19. The molecular weight excluding hydrogens is 501 g/mol. The number of halogens is 1. The largest absolute Gasteiger partial charge is 0.444 e. The molecule has 200 valence electrons. The highest BCUT2D eigenvalue weighted by atomic mass is 32.2. The molecule has 3 aromatic rings. The minimum atomic E-state index is -3.84. The molecule has 0 aliphatic heterocycles. The van der Waals surface area contributed by atoms with Crippen molar-refractivity contribution < 1.29 is 31.9 Å². The first-order chi connectivity index (χ1) is 17.1. The Morgan fingerprint density at radius 3 is 2.14 bits per heavy atom. The van der Waals surface area contributed by atoms with E-state index in [1.807, 2.05) is 0 Å². The molecule has 0 fully saturated rings. The number of rotatable bonds is 6. The van der Waals surface area contributed by atoms with Crippen LogP contribution in [0.5, 0.6) is 0 Å². The van der Waals surface area contributed by atoms with E-state index in [2.05, 4.69) is 10.0 Å². The zero-order chi connectivity index (χ0) is 27.6. The van der Waals surface area contributed by atoms with Gasteiger partial charge in [0.15, 0.2) is 0 Å². The summed E-state index contributed by atoms with van der Waals surface area (Å²) in [6, 6.07) is 10.2. The summed E-state index contributed by atoms with van der Waals surface area (Å²) in [4.78, 5) is 24.5. The Morgan fingerprint density at radius 2 is 1.54 bits per heavy atom. The number of carbonyl (C=O) groups excluding carboxylic acids is 2. The first-order valence-corrected chi connectivity index (χ1v) is 13.1. The number of nitrogens with one attached hydrogen (secondary N) is 2. The van der Waals surface area contributed by atoms with Crippen LogP contribution in [0.4, 0.5) is 14.0 Å². The summed E-state index contributed by atoms with van der Waals surface area (Å²) in [7, 11) is -3.84. The van der Waals surface area contributed by atoms with Crippen LogP contribution < -0.4 is 10.0 Å². The van der Waals surface area contributed by atoms with E-state index in [-0.39, 0.29) is 18.0 Å². The number of hydrogen-bond donors (Lipinski definition) is 2. The second-order valence-corrected chi connectivity index (χ2v) is 12.2. The number of sulfonamides is 1. The third kappa shape index (κ3) is 7.53. The van der Waals surface area contributed by atoms with E-state index in [0.717, 1.165) is 0 Å². The van der Waals surface area contributed by atoms with E-state index in [1.165, 1.54) is 28.8 Å². The van der Waals surface area contributed by atoms with E-state index in [1.54, 1.807) is 65.9 Å². The highest BCUT2D eigenvalue weighted by Gasteiger charge is 2.22. The third-order valence-electron chi connectivity index (χ3n) is 4.92. The number of hydrogen-bond acceptors (Lipinski definition) is 6. The van der Waals surface area contributed by atoms with Gasteiger partial charge in [-0.05, 0) is 77.4 Å². The van der Waals surface area contributed by atoms with Gasteiger partial charge >= 0.3 is 12.2 Å². The molecule has 0 spiro atoms. The van der Waals surface area contributed by atoms with E-state index < -0.39 is 39.2 Å². The maximum Gasteiger partial charge on any atom is 0.419 e. The van der Waals surface area contributed by atoms with Gasteiger partial charge in [0.05, 0.1) is 10.4 Å². The average molecular weight is 534 g/mol. The molecule has 0 unspecified atom stereocenters. The fourth-order valence-corrected chi connectivity index (χ4v) is 4.49. The Bertz CT molecular complexity index is 1400. The molecule has 1 heterocycles. The lowest BCUT2D eigenvalue weighted by Crippen LogP contribution is -2.37. The van der Waals surface area contributed by atoms with E-state index in [9.17, 15) is 22.4 Å². The van der Waals surface area contributed by atoms with Crippen molar-refractivity contribution in [1.82, 2.24) is 14.6 Å². The summed E-state index contributed by atoms with van der Waals surface area (Å²) in [6.45, 7) is 10.4. The number of fused-ring (bicyclic) bond motifs is 1. The summed E-state index contributed by atoms with van der Waals surface area (Å²) in [6.07, 6.45) is 0.252. The second kappa shape index (κ2) is 10.5. The third-order valence-corrected chi connectivity index (χ3v) is 6.40. The van der Waals surface area contributed by atoms with Crippen LogP contribution in [0, 0.1) is 5.82 Å². The predicted octanol–water partition coefficient (Wildman–Crippen LogP) is 5.03. The quantitative estimate of drug-likeness (QED) is 0.429. The van der Waals surface area contributed by atoms with Crippen molar-refractivity contribution in [3.63, 3.8) is 0 Å². The normalized spacial score (nSPS) is 12.4. The minimum Gasteiger partial charge on any atom is -0.444 e. The van der Waals surface area contributed by atoms with Gasteiger partial charge in [-0.25, -0.2) is 27.1 Å². The monoisotopic (exact) mass is 533 g/mol. The number of nitrogens with zero attached hydrogens (tertiary/aromatic N) is 1. The molecule has 3 rings (SSSR count). The van der Waals surface area contributed by atoms with Gasteiger partial charge in [0.1, 0.15) is 17.0 Å². The van der Waals surface area contributed by atoms with Gasteiger partial charge in [0.2, 0.25) is 10.0 Å². The molecule has 11 heteroatoms. The minimum absolute atomic E-state index is 0.0236. The smallest absolute Gasteiger partial charge is 0.419 e. The highest BCUT2D eigenvalue weighted by molar-refractivity contribution is 7.89. The molecule has 2 N–H and O–H groups in total. The summed E-state index contributed by atoms with van der Waals surface area (Å²) < 4.78 is 53.5. The Balaban J connectivity index is 1.78. The molecule has 0 bridgehead atoms. The number of alkyl carbamates (subject to hydrolysis) is 1. The van der Waals surface area contributed by atoms with Crippen molar-refractivity contribution in [2.75, 3.05) is 13.1 Å². The molecule has 0 aliphatic rings. The zero-order valence-electron chi connectivity index (χ0n) is 21.7. The van der Waals surface area contributed by atoms with Crippen molar-refractivity contribution in [1.29, 1.82) is 0 Å². The number of benzene rings is 2. The fourth-order valence-electron chi connectivity index (χ4n) is 3.45. The van der Waals surface area contributed by atoms with Crippen LogP contribution >= 0.6 is 0 Å². The van der Waals surface area contributed by atoms with Crippen LogP contribution in [0.15, 0.2) is 53.6 Å². The van der Waals surface area contributed by atoms with Crippen LogP contribution in [-0.2, 0) is 19.5 Å². The Hall–Kier alpha value is -3.44. The van der Waals surface area contributed by atoms with Gasteiger partial charge in [-0.2, -0.15) is 0 Å². The van der Waals surface area contributed by atoms with Crippen LogP contribution in [0.2, 0.25) is 0 Å². The van der Waals surface area contributed by atoms with Gasteiger partial charge in [-0.15, -0.1) is 0 Å². The van der Waals surface area contributed by atoms with Gasteiger partial charge in [0, 0.05) is 30.2 Å². The zero-order valence-corrected chi connectivity index (χ0v) is 22.5. The first kappa shape index (κ1) is 28.1. The summed E-state index contributed by atoms with van der Waals surface area (Å²) in [5, 5.41) is 3.09. The Kier molecular flexibility index (Phi) is 7.99. The van der Waals surface area contributed by atoms with Crippen LogP contribution in [0.25, 0.3) is 22.0 Å². The number of ether oxygens (including phenoxy) is 2. The number of aromatic nitrogens is 1. The van der Waals surface area contributed by atoms with Gasteiger partial charge in [-0.3, -0.25) is 4.57 Å². The lowest BCUT2D eigenvalue weighted by atomic mass is 10.1.